The molecule has 0 heterocycles. The van der Waals surface area contributed by atoms with E-state index in [9.17, 15) is 24.0 Å². The summed E-state index contributed by atoms with van der Waals surface area (Å²) in [6, 6.07) is -3.70. The van der Waals surface area contributed by atoms with Crippen LogP contribution in [0.5, 0.6) is 0 Å². The van der Waals surface area contributed by atoms with Crippen molar-refractivity contribution in [1.29, 1.82) is 0 Å². The fourth-order valence-electron chi connectivity index (χ4n) is 1.99. The third-order valence-corrected chi connectivity index (χ3v) is 5.12. The van der Waals surface area contributed by atoms with Crippen molar-refractivity contribution < 1.29 is 29.7 Å². The molecule has 0 saturated heterocycles. The van der Waals surface area contributed by atoms with Crippen LogP contribution in [0, 0.1) is 0 Å². The molecule has 0 aliphatic heterocycles. The van der Waals surface area contributed by atoms with E-state index in [2.05, 4.69) is 27.0 Å². The van der Waals surface area contributed by atoms with Crippen LogP contribution in [-0.4, -0.2) is 75.1 Å². The molecule has 5 atom stereocenters. The second-order valence-corrected chi connectivity index (χ2v) is 8.71. The van der Waals surface area contributed by atoms with E-state index in [1.807, 2.05) is 5.82 Å². The first-order chi connectivity index (χ1) is 13.0. The molecular formula is C17H32N5O5Se+. The van der Waals surface area contributed by atoms with Crippen LogP contribution in [0.25, 0.3) is 0 Å². The van der Waals surface area contributed by atoms with Gasteiger partial charge in [0, 0.05) is 0 Å². The van der Waals surface area contributed by atoms with E-state index in [0.717, 1.165) is 5.32 Å². The van der Waals surface area contributed by atoms with Crippen molar-refractivity contribution in [2.75, 3.05) is 0 Å². The summed E-state index contributed by atoms with van der Waals surface area (Å²) in [5.41, 5.74) is 3.57. The predicted octanol–water partition coefficient (Wildman–Crippen LogP) is -2.62. The monoisotopic (exact) mass is 466 g/mol. The standard InChI is InChI=1S/C17H31N5O5Se/c1-9(8-23)19-17(27)13(6-7-28-5)22-16(26)12(4)21-15(25)11(3)20-14(24)10(2)18/h8-13H,6-7,18H2,1-5H3,(H,19,27)(H,20,24)(H,21,25)(H,22,26)/p+1/t9-,10-,11-,12-,13-/m0/s1. The molecular weight excluding hydrogens is 433 g/mol. The minimum absolute atomic E-state index is 0.318. The van der Waals surface area contributed by atoms with Crippen LogP contribution in [0.2, 0.25) is 11.1 Å². The molecule has 0 aromatic carbocycles. The Morgan fingerprint density at radius 2 is 1.36 bits per heavy atom. The van der Waals surface area contributed by atoms with Gasteiger partial charge in [-0.1, -0.05) is 0 Å². The Balaban J connectivity index is 4.82. The summed E-state index contributed by atoms with van der Waals surface area (Å²) in [5, 5.41) is 10.9. The third-order valence-electron chi connectivity index (χ3n) is 3.77. The maximum atomic E-state index is 12.4. The van der Waals surface area contributed by atoms with Crippen molar-refractivity contribution in [3.05, 3.63) is 0 Å². The Kier molecular flexibility index (Phi) is 12.3. The quantitative estimate of drug-likeness (QED) is 0.157. The predicted molar refractivity (Wildman–Crippen MR) is 104 cm³/mol. The van der Waals surface area contributed by atoms with Crippen LogP contribution in [0.1, 0.15) is 34.1 Å². The first kappa shape index (κ1) is 26.0. The SMILES string of the molecule is C[Se]CC[C@H](NC(=O)[C@H](C)NC(=O)[C@H](C)NC(=O)[C@H](C)[NH3+])C(=O)N[C@@H](C)C=O. The van der Waals surface area contributed by atoms with Crippen LogP contribution >= 0.6 is 0 Å². The van der Waals surface area contributed by atoms with Gasteiger partial charge in [-0.05, 0) is 6.92 Å². The van der Waals surface area contributed by atoms with E-state index < -0.39 is 47.9 Å². The molecule has 0 spiro atoms. The maximum absolute atomic E-state index is 12.4. The molecule has 0 bridgehead atoms. The Hall–Kier alpha value is -1.97. The minimum atomic E-state index is -0.907. The summed E-state index contributed by atoms with van der Waals surface area (Å²) in [6.45, 7) is 6.13. The van der Waals surface area contributed by atoms with Crippen molar-refractivity contribution in [3.8, 4) is 0 Å². The number of hydrogen-bond donors (Lipinski definition) is 5. The molecule has 4 amide bonds. The summed E-state index contributed by atoms with van der Waals surface area (Å²) in [4.78, 5) is 59.2. The molecule has 0 aromatic rings. The molecule has 7 N–H and O–H groups in total. The fourth-order valence-corrected chi connectivity index (χ4v) is 2.97. The third kappa shape index (κ3) is 9.82. The van der Waals surface area contributed by atoms with E-state index >= 15 is 0 Å². The molecule has 0 aliphatic carbocycles. The molecule has 0 rings (SSSR count). The Bertz CT molecular complexity index is 572. The summed E-state index contributed by atoms with van der Waals surface area (Å²) in [6.07, 6.45) is 1.04. The second-order valence-electron chi connectivity index (χ2n) is 6.64. The molecule has 0 aliphatic rings. The number of amides is 4. The Labute approximate surface area is 171 Å². The fraction of sp³-hybridized carbons (Fsp3) is 0.706. The molecule has 0 aromatic heterocycles. The number of nitrogens with one attached hydrogen (secondary N) is 4. The number of quaternary nitrogens is 1. The number of aldehydes is 1. The molecule has 0 saturated carbocycles. The van der Waals surface area contributed by atoms with Crippen molar-refractivity contribution in [1.82, 2.24) is 21.3 Å². The Morgan fingerprint density at radius 3 is 1.82 bits per heavy atom. The van der Waals surface area contributed by atoms with E-state index in [1.165, 1.54) is 13.8 Å². The first-order valence-corrected chi connectivity index (χ1v) is 11.9. The molecule has 0 fully saturated rings. The van der Waals surface area contributed by atoms with Crippen LogP contribution < -0.4 is 27.0 Å². The van der Waals surface area contributed by atoms with E-state index in [4.69, 9.17) is 0 Å². The van der Waals surface area contributed by atoms with Gasteiger partial charge in [-0.15, -0.1) is 0 Å². The van der Waals surface area contributed by atoms with Gasteiger partial charge >= 0.3 is 159 Å². The average Bonchev–Trinajstić information content (AvgIpc) is 2.63. The van der Waals surface area contributed by atoms with E-state index in [1.54, 1.807) is 13.8 Å². The van der Waals surface area contributed by atoms with Crippen LogP contribution in [-0.2, 0) is 24.0 Å². The van der Waals surface area contributed by atoms with Crippen LogP contribution in [0.15, 0.2) is 0 Å². The van der Waals surface area contributed by atoms with Crippen LogP contribution in [0.3, 0.4) is 0 Å². The van der Waals surface area contributed by atoms with E-state index in [-0.39, 0.29) is 5.91 Å². The van der Waals surface area contributed by atoms with Crippen molar-refractivity contribution in [2.24, 2.45) is 0 Å². The summed E-state index contributed by atoms with van der Waals surface area (Å²) >= 11 is 0.318. The summed E-state index contributed by atoms with van der Waals surface area (Å²) < 4.78 is 0. The van der Waals surface area contributed by atoms with Gasteiger partial charge in [0.05, 0.1) is 0 Å². The van der Waals surface area contributed by atoms with Gasteiger partial charge in [0.2, 0.25) is 0 Å². The second kappa shape index (κ2) is 13.2. The molecule has 0 radical (unpaired) electrons. The average molecular weight is 465 g/mol. The van der Waals surface area contributed by atoms with Gasteiger partial charge in [-0.3, -0.25) is 0 Å². The van der Waals surface area contributed by atoms with E-state index in [0.29, 0.717) is 27.7 Å². The van der Waals surface area contributed by atoms with Gasteiger partial charge in [0.1, 0.15) is 0 Å². The molecule has 160 valence electrons. The van der Waals surface area contributed by atoms with Gasteiger partial charge in [0.15, 0.2) is 0 Å². The first-order valence-electron chi connectivity index (χ1n) is 9.02. The zero-order valence-corrected chi connectivity index (χ0v) is 18.7. The molecule has 11 heteroatoms. The molecule has 28 heavy (non-hydrogen) atoms. The molecule has 0 unspecified atom stereocenters. The summed E-state index contributed by atoms with van der Waals surface area (Å²) in [7, 11) is 0. The topological polar surface area (TPSA) is 161 Å². The summed E-state index contributed by atoms with van der Waals surface area (Å²) in [5.74, 6) is 0.148. The number of carbonyl (C=O) groups is 5. The van der Waals surface area contributed by atoms with Gasteiger partial charge < -0.3 is 5.73 Å². The molecule has 10 nitrogen and oxygen atoms in total. The van der Waals surface area contributed by atoms with Crippen LogP contribution in [0.4, 0.5) is 0 Å². The zero-order chi connectivity index (χ0) is 21.9. The van der Waals surface area contributed by atoms with Gasteiger partial charge in [-0.2, -0.15) is 0 Å². The van der Waals surface area contributed by atoms with Crippen molar-refractivity contribution in [2.45, 2.75) is 75.5 Å². The number of hydrogen-bond acceptors (Lipinski definition) is 5. The van der Waals surface area contributed by atoms with Gasteiger partial charge in [-0.25, -0.2) is 0 Å². The Morgan fingerprint density at radius 1 is 0.857 bits per heavy atom. The van der Waals surface area contributed by atoms with Gasteiger partial charge in [0.25, 0.3) is 0 Å². The number of rotatable bonds is 12. The van der Waals surface area contributed by atoms with Crippen molar-refractivity contribution in [3.63, 3.8) is 0 Å². The normalized spacial score (nSPS) is 15.9. The van der Waals surface area contributed by atoms with Crippen molar-refractivity contribution >= 4 is 44.9 Å². The number of carbonyl (C=O) groups excluding carboxylic acids is 5. The zero-order valence-electron chi connectivity index (χ0n) is 17.0.